The van der Waals surface area contributed by atoms with Crippen LogP contribution in [0.1, 0.15) is 124 Å². The monoisotopic (exact) mass is 400 g/mol. The van der Waals surface area contributed by atoms with Crippen molar-refractivity contribution in [3.8, 4) is 0 Å². The van der Waals surface area contributed by atoms with Crippen molar-refractivity contribution in [1.82, 2.24) is 4.90 Å². The number of carbonyl (C=O) groups is 1. The van der Waals surface area contributed by atoms with Crippen LogP contribution in [0.3, 0.4) is 0 Å². The lowest BCUT2D eigenvalue weighted by Crippen LogP contribution is -2.54. The van der Waals surface area contributed by atoms with Gasteiger partial charge in [0.05, 0.1) is 6.54 Å². The summed E-state index contributed by atoms with van der Waals surface area (Å²) in [6.07, 6.45) is 19.9. The zero-order chi connectivity index (χ0) is 21.3. The van der Waals surface area contributed by atoms with E-state index in [2.05, 4.69) is 31.4 Å². The minimum absolute atomic E-state index is 0.234. The van der Waals surface area contributed by atoms with Crippen LogP contribution in [0.4, 0.5) is 0 Å². The summed E-state index contributed by atoms with van der Waals surface area (Å²) in [5, 5.41) is 10.2. The van der Waals surface area contributed by atoms with Crippen LogP contribution in [0.15, 0.2) is 0 Å². The number of carboxylic acid groups (broad SMARTS) is 1. The lowest BCUT2D eigenvalue weighted by Gasteiger charge is -2.14. The molecule has 0 rings (SSSR count). The number of hydrogen-bond donors (Lipinski definition) is 1. The fourth-order valence-corrected chi connectivity index (χ4v) is 3.40. The van der Waals surface area contributed by atoms with Crippen LogP contribution in [0, 0.1) is 0 Å². The van der Waals surface area contributed by atoms with Crippen molar-refractivity contribution in [2.75, 3.05) is 26.2 Å². The quantitative estimate of drug-likeness (QED) is 0.304. The van der Waals surface area contributed by atoms with Gasteiger partial charge in [-0.15, -0.1) is 0 Å². The third-order valence-electron chi connectivity index (χ3n) is 5.35. The lowest BCUT2D eigenvalue weighted by atomic mass is 10.0. The number of unbranched alkanes of at least 4 members (excludes halogenated alkanes) is 14. The summed E-state index contributed by atoms with van der Waals surface area (Å²) in [6.45, 7) is 11.1. The highest BCUT2D eigenvalue weighted by molar-refractivity contribution is 5.63. The molecule has 0 aliphatic heterocycles. The average Bonchev–Trinajstić information content (AvgIpc) is 2.69. The molecule has 3 N–H and O–H groups in total. The maximum Gasteiger partial charge on any atom is 0.0869 e. The van der Waals surface area contributed by atoms with E-state index in [0.29, 0.717) is 0 Å². The Labute approximate surface area is 176 Å². The van der Waals surface area contributed by atoms with E-state index in [9.17, 15) is 9.90 Å². The molecular formula is C24H52N2O2. The van der Waals surface area contributed by atoms with Gasteiger partial charge in [-0.2, -0.15) is 0 Å². The van der Waals surface area contributed by atoms with Gasteiger partial charge in [-0.1, -0.05) is 111 Å². The molecule has 0 aromatic carbocycles. The molecule has 28 heavy (non-hydrogen) atoms. The molecular weight excluding hydrogens is 348 g/mol. The minimum Gasteiger partial charge on any atom is -0.550 e. The van der Waals surface area contributed by atoms with Crippen molar-refractivity contribution in [3.63, 3.8) is 0 Å². The van der Waals surface area contributed by atoms with Crippen LogP contribution in [-0.4, -0.2) is 37.0 Å². The smallest absolute Gasteiger partial charge is 0.0869 e. The molecule has 0 heterocycles. The number of nitrogens with zero attached hydrogens (tertiary/aromatic N) is 1. The van der Waals surface area contributed by atoms with Crippen LogP contribution in [-0.2, 0) is 4.79 Å². The van der Waals surface area contributed by atoms with Crippen molar-refractivity contribution in [1.29, 1.82) is 0 Å². The van der Waals surface area contributed by atoms with Gasteiger partial charge in [-0.25, -0.2) is 0 Å². The molecule has 0 spiro atoms. The van der Waals surface area contributed by atoms with Gasteiger partial charge in [0, 0.05) is 12.5 Å². The lowest BCUT2D eigenvalue weighted by molar-refractivity contribution is -0.368. The highest BCUT2D eigenvalue weighted by atomic mass is 16.4. The second-order valence-electron chi connectivity index (χ2n) is 7.95. The second kappa shape index (κ2) is 26.4. The first-order valence-corrected chi connectivity index (χ1v) is 12.3. The fourth-order valence-electron chi connectivity index (χ4n) is 3.40. The van der Waals surface area contributed by atoms with Crippen LogP contribution in [0.25, 0.3) is 0 Å². The van der Waals surface area contributed by atoms with E-state index < -0.39 is 5.97 Å². The number of carbonyl (C=O) groups excluding carboxylic acids is 1. The van der Waals surface area contributed by atoms with E-state index in [0.717, 1.165) is 39.0 Å². The van der Waals surface area contributed by atoms with E-state index in [1.165, 1.54) is 83.5 Å². The number of quaternary nitrogens is 1. The molecule has 4 nitrogen and oxygen atoms in total. The van der Waals surface area contributed by atoms with E-state index in [1.807, 2.05) is 0 Å². The number of likely N-dealkylation sites (N-methyl/N-ethyl adjacent to an activating group) is 1. The SMILES string of the molecule is CCCCCCCCCCCCCCCCCC(=O)[O-].CCN(CC)CC[NH3+]. The molecule has 0 bridgehead atoms. The maximum atomic E-state index is 10.2. The number of hydrogen-bond acceptors (Lipinski definition) is 3. The zero-order valence-electron chi connectivity index (χ0n) is 19.6. The Bertz CT molecular complexity index is 294. The Hall–Kier alpha value is -0.610. The Kier molecular flexibility index (Phi) is 27.9. The molecule has 0 amide bonds. The van der Waals surface area contributed by atoms with Gasteiger partial charge in [0.15, 0.2) is 0 Å². The fraction of sp³-hybridized carbons (Fsp3) is 0.958. The van der Waals surface area contributed by atoms with E-state index >= 15 is 0 Å². The first-order valence-electron chi connectivity index (χ1n) is 12.3. The Morgan fingerprint density at radius 3 is 1.29 bits per heavy atom. The molecule has 0 saturated carbocycles. The Balaban J connectivity index is 0. The topological polar surface area (TPSA) is 71.0 Å². The Morgan fingerprint density at radius 2 is 1.04 bits per heavy atom. The van der Waals surface area contributed by atoms with Crippen LogP contribution in [0.2, 0.25) is 0 Å². The summed E-state index contributed by atoms with van der Waals surface area (Å²) in [7, 11) is 0. The highest BCUT2D eigenvalue weighted by Gasteiger charge is 1.95. The summed E-state index contributed by atoms with van der Waals surface area (Å²) < 4.78 is 0. The number of aliphatic carboxylic acids is 1. The predicted molar refractivity (Wildman–Crippen MR) is 120 cm³/mol. The van der Waals surface area contributed by atoms with E-state index in [4.69, 9.17) is 0 Å². The largest absolute Gasteiger partial charge is 0.550 e. The van der Waals surface area contributed by atoms with Gasteiger partial charge in [0.2, 0.25) is 0 Å². The van der Waals surface area contributed by atoms with Gasteiger partial charge >= 0.3 is 0 Å². The zero-order valence-corrected chi connectivity index (χ0v) is 19.6. The molecule has 0 aromatic heterocycles. The van der Waals surface area contributed by atoms with Crippen LogP contribution < -0.4 is 10.8 Å². The second-order valence-corrected chi connectivity index (χ2v) is 7.95. The predicted octanol–water partition coefficient (Wildman–Crippen LogP) is 4.57. The Morgan fingerprint density at radius 1 is 0.679 bits per heavy atom. The number of carboxylic acids is 1. The number of rotatable bonds is 20. The van der Waals surface area contributed by atoms with E-state index in [1.54, 1.807) is 0 Å². The van der Waals surface area contributed by atoms with Gasteiger partial charge in [-0.3, -0.25) is 4.90 Å². The summed E-state index contributed by atoms with van der Waals surface area (Å²) in [6, 6.07) is 0. The highest BCUT2D eigenvalue weighted by Crippen LogP contribution is 2.13. The van der Waals surface area contributed by atoms with Gasteiger partial charge < -0.3 is 15.6 Å². The molecule has 0 aliphatic rings. The van der Waals surface area contributed by atoms with Gasteiger partial charge in [-0.05, 0) is 25.9 Å². The molecule has 0 atom stereocenters. The molecule has 0 aromatic rings. The summed E-state index contributed by atoms with van der Waals surface area (Å²) >= 11 is 0. The average molecular weight is 401 g/mol. The van der Waals surface area contributed by atoms with Crippen molar-refractivity contribution in [2.24, 2.45) is 0 Å². The van der Waals surface area contributed by atoms with Crippen molar-refractivity contribution in [2.45, 2.75) is 124 Å². The van der Waals surface area contributed by atoms with Crippen molar-refractivity contribution >= 4 is 5.97 Å². The third-order valence-corrected chi connectivity index (χ3v) is 5.35. The normalized spacial score (nSPS) is 10.8. The first kappa shape index (κ1) is 29.6. The molecule has 0 unspecified atom stereocenters. The summed E-state index contributed by atoms with van der Waals surface area (Å²) in [5.74, 6) is -0.903. The summed E-state index contributed by atoms with van der Waals surface area (Å²) in [4.78, 5) is 12.6. The van der Waals surface area contributed by atoms with Gasteiger partial charge in [0.25, 0.3) is 0 Å². The van der Waals surface area contributed by atoms with Crippen molar-refractivity contribution < 1.29 is 15.6 Å². The molecule has 0 saturated heterocycles. The third kappa shape index (κ3) is 27.6. The van der Waals surface area contributed by atoms with Gasteiger partial charge in [0.1, 0.15) is 0 Å². The first-order chi connectivity index (χ1) is 13.6. The standard InChI is InChI=1S/C18H36O2.C6H16N2/c1-2-3-4-5-6-7-8-9-10-11-12-13-14-15-16-17-18(19)20;1-3-8(4-2)6-5-7/h2-17H2,1H3,(H,19,20);3-7H2,1-2H3. The molecule has 4 heteroatoms. The molecule has 0 aliphatic carbocycles. The molecule has 0 radical (unpaired) electrons. The maximum absolute atomic E-state index is 10.2. The van der Waals surface area contributed by atoms with Crippen molar-refractivity contribution in [3.05, 3.63) is 0 Å². The van der Waals surface area contributed by atoms with Crippen LogP contribution >= 0.6 is 0 Å². The van der Waals surface area contributed by atoms with E-state index in [-0.39, 0.29) is 6.42 Å². The molecule has 170 valence electrons. The summed E-state index contributed by atoms with van der Waals surface area (Å²) in [5.41, 5.74) is 3.78. The minimum atomic E-state index is -0.903. The molecule has 0 fully saturated rings. The van der Waals surface area contributed by atoms with Crippen LogP contribution in [0.5, 0.6) is 0 Å².